The van der Waals surface area contributed by atoms with Gasteiger partial charge in [-0.25, -0.2) is 0 Å². The fraction of sp³-hybridized carbons (Fsp3) is 0.652. The summed E-state index contributed by atoms with van der Waals surface area (Å²) in [5.74, 6) is 0.664. The van der Waals surface area contributed by atoms with Crippen LogP contribution in [0.1, 0.15) is 70.4 Å². The molecule has 0 aromatic heterocycles. The van der Waals surface area contributed by atoms with Gasteiger partial charge in [0.05, 0.1) is 5.25 Å². The Morgan fingerprint density at radius 1 is 1.21 bits per heavy atom. The van der Waals surface area contributed by atoms with Gasteiger partial charge in [-0.3, -0.25) is 9.59 Å². The second-order valence-corrected chi connectivity index (χ2v) is 10.5. The van der Waals surface area contributed by atoms with Crippen LogP contribution in [-0.2, 0) is 15.0 Å². The van der Waals surface area contributed by atoms with Gasteiger partial charge in [-0.05, 0) is 43.2 Å². The Morgan fingerprint density at radius 2 is 1.86 bits per heavy atom. The SMILES string of the molecule is CCN(CCN1C(=O)[C@@H](C)S[C@@H]1c1ccc(C(C)(C)C)cc1)C(=O)C1CCC1. The van der Waals surface area contributed by atoms with E-state index >= 15 is 0 Å². The van der Waals surface area contributed by atoms with E-state index in [1.807, 2.05) is 23.6 Å². The number of hydrogen-bond acceptors (Lipinski definition) is 3. The minimum Gasteiger partial charge on any atom is -0.341 e. The van der Waals surface area contributed by atoms with Crippen molar-refractivity contribution in [2.75, 3.05) is 19.6 Å². The lowest BCUT2D eigenvalue weighted by atomic mass is 9.84. The van der Waals surface area contributed by atoms with Gasteiger partial charge in [0.2, 0.25) is 11.8 Å². The van der Waals surface area contributed by atoms with Crippen molar-refractivity contribution in [2.24, 2.45) is 5.92 Å². The van der Waals surface area contributed by atoms with Gasteiger partial charge >= 0.3 is 0 Å². The van der Waals surface area contributed by atoms with Crippen LogP contribution in [0.3, 0.4) is 0 Å². The molecule has 3 rings (SSSR count). The van der Waals surface area contributed by atoms with E-state index < -0.39 is 0 Å². The average molecular weight is 403 g/mol. The molecule has 154 valence electrons. The van der Waals surface area contributed by atoms with Crippen molar-refractivity contribution in [3.63, 3.8) is 0 Å². The zero-order valence-corrected chi connectivity index (χ0v) is 18.7. The highest BCUT2D eigenvalue weighted by Crippen LogP contribution is 2.43. The molecule has 1 saturated carbocycles. The van der Waals surface area contributed by atoms with Gasteiger partial charge in [0.15, 0.2) is 0 Å². The van der Waals surface area contributed by atoms with Gasteiger partial charge in [-0.15, -0.1) is 11.8 Å². The number of nitrogens with zero attached hydrogens (tertiary/aromatic N) is 2. The molecule has 1 heterocycles. The second-order valence-electron chi connectivity index (χ2n) is 9.08. The Labute approximate surface area is 174 Å². The smallest absolute Gasteiger partial charge is 0.236 e. The molecule has 0 unspecified atom stereocenters. The summed E-state index contributed by atoms with van der Waals surface area (Å²) in [4.78, 5) is 29.3. The zero-order valence-electron chi connectivity index (χ0n) is 17.9. The fourth-order valence-corrected chi connectivity index (χ4v) is 5.18. The Morgan fingerprint density at radius 3 is 2.36 bits per heavy atom. The lowest BCUT2D eigenvalue weighted by Gasteiger charge is -2.33. The van der Waals surface area contributed by atoms with E-state index in [1.54, 1.807) is 11.8 Å². The highest BCUT2D eigenvalue weighted by molar-refractivity contribution is 8.01. The molecule has 2 aliphatic rings. The minimum absolute atomic E-state index is 0.0361. The molecule has 5 heteroatoms. The van der Waals surface area contributed by atoms with Crippen molar-refractivity contribution in [3.05, 3.63) is 35.4 Å². The third kappa shape index (κ3) is 4.40. The highest BCUT2D eigenvalue weighted by Gasteiger charge is 2.39. The number of thioether (sulfide) groups is 1. The largest absolute Gasteiger partial charge is 0.341 e. The molecule has 0 N–H and O–H groups in total. The predicted octanol–water partition coefficient (Wildman–Crippen LogP) is 4.60. The Hall–Kier alpha value is -1.49. The van der Waals surface area contributed by atoms with Crippen LogP contribution in [0.2, 0.25) is 0 Å². The first kappa shape index (κ1) is 21.2. The van der Waals surface area contributed by atoms with Crippen LogP contribution in [0.15, 0.2) is 24.3 Å². The monoisotopic (exact) mass is 402 g/mol. The second kappa shape index (κ2) is 8.48. The fourth-order valence-electron chi connectivity index (χ4n) is 3.87. The van der Waals surface area contributed by atoms with Crippen LogP contribution < -0.4 is 0 Å². The van der Waals surface area contributed by atoms with Crippen LogP contribution >= 0.6 is 11.8 Å². The quantitative estimate of drug-likeness (QED) is 0.698. The number of amides is 2. The highest BCUT2D eigenvalue weighted by atomic mass is 32.2. The molecule has 4 nitrogen and oxygen atoms in total. The van der Waals surface area contributed by atoms with Gasteiger partial charge in [-0.2, -0.15) is 0 Å². The van der Waals surface area contributed by atoms with Crippen molar-refractivity contribution < 1.29 is 9.59 Å². The van der Waals surface area contributed by atoms with Crippen molar-refractivity contribution in [1.29, 1.82) is 0 Å². The molecule has 2 fully saturated rings. The van der Waals surface area contributed by atoms with E-state index in [-0.39, 0.29) is 33.8 Å². The van der Waals surface area contributed by atoms with E-state index in [4.69, 9.17) is 0 Å². The van der Waals surface area contributed by atoms with Crippen molar-refractivity contribution >= 4 is 23.6 Å². The molecule has 2 atom stereocenters. The van der Waals surface area contributed by atoms with Crippen LogP contribution in [0.25, 0.3) is 0 Å². The number of rotatable bonds is 6. The predicted molar refractivity (Wildman–Crippen MR) is 116 cm³/mol. The number of carbonyl (C=O) groups excluding carboxylic acids is 2. The maximum Gasteiger partial charge on any atom is 0.236 e. The van der Waals surface area contributed by atoms with Crippen LogP contribution in [0, 0.1) is 5.92 Å². The first-order valence-corrected chi connectivity index (χ1v) is 11.5. The number of benzene rings is 1. The van der Waals surface area contributed by atoms with Gasteiger partial charge in [0, 0.05) is 25.6 Å². The summed E-state index contributed by atoms with van der Waals surface area (Å²) in [7, 11) is 0. The first-order chi connectivity index (χ1) is 13.2. The van der Waals surface area contributed by atoms with E-state index in [0.29, 0.717) is 19.6 Å². The topological polar surface area (TPSA) is 40.6 Å². The lowest BCUT2D eigenvalue weighted by molar-refractivity contribution is -0.139. The standard InChI is InChI=1S/C23H34N2O2S/c1-6-24(21(27)17-8-7-9-17)14-15-25-20(26)16(2)28-22(25)18-10-12-19(13-11-18)23(3,4)5/h10-13,16-17,22H,6-9,14-15H2,1-5H3/t16-,22-/m1/s1. The molecule has 0 spiro atoms. The summed E-state index contributed by atoms with van der Waals surface area (Å²) in [6.45, 7) is 12.6. The molecule has 0 bridgehead atoms. The molecule has 1 aliphatic carbocycles. The minimum atomic E-state index is -0.0373. The molecule has 0 radical (unpaired) electrons. The van der Waals surface area contributed by atoms with E-state index in [9.17, 15) is 9.59 Å². The van der Waals surface area contributed by atoms with Crippen molar-refractivity contribution in [2.45, 2.75) is 69.9 Å². The summed E-state index contributed by atoms with van der Waals surface area (Å²) in [6, 6.07) is 8.68. The summed E-state index contributed by atoms with van der Waals surface area (Å²) < 4.78 is 0. The lowest BCUT2D eigenvalue weighted by Crippen LogP contribution is -2.44. The third-order valence-electron chi connectivity index (χ3n) is 6.07. The maximum atomic E-state index is 12.8. The van der Waals surface area contributed by atoms with Crippen molar-refractivity contribution in [1.82, 2.24) is 9.80 Å². The van der Waals surface area contributed by atoms with E-state index in [1.165, 1.54) is 17.5 Å². The molecule has 2 amide bonds. The average Bonchev–Trinajstić information content (AvgIpc) is 2.88. The number of hydrogen-bond donors (Lipinski definition) is 0. The van der Waals surface area contributed by atoms with Gasteiger partial charge in [-0.1, -0.05) is 51.5 Å². The van der Waals surface area contributed by atoms with Crippen LogP contribution in [0.5, 0.6) is 0 Å². The van der Waals surface area contributed by atoms with Gasteiger partial charge < -0.3 is 9.80 Å². The molecule has 1 aromatic carbocycles. The molecular formula is C23H34N2O2S. The molecule has 1 aliphatic heterocycles. The van der Waals surface area contributed by atoms with E-state index in [2.05, 4.69) is 45.0 Å². The molecule has 28 heavy (non-hydrogen) atoms. The molecule has 1 saturated heterocycles. The Bertz CT molecular complexity index is 706. The van der Waals surface area contributed by atoms with Crippen molar-refractivity contribution in [3.8, 4) is 0 Å². The van der Waals surface area contributed by atoms with E-state index in [0.717, 1.165) is 12.8 Å². The molecular weight excluding hydrogens is 368 g/mol. The summed E-state index contributed by atoms with van der Waals surface area (Å²) in [6.07, 6.45) is 3.21. The summed E-state index contributed by atoms with van der Waals surface area (Å²) in [5, 5.41) is -0.00117. The third-order valence-corrected chi connectivity index (χ3v) is 7.46. The van der Waals surface area contributed by atoms with Gasteiger partial charge in [0.1, 0.15) is 5.37 Å². The molecule has 1 aromatic rings. The van der Waals surface area contributed by atoms with Crippen LogP contribution in [-0.4, -0.2) is 46.5 Å². The van der Waals surface area contributed by atoms with Gasteiger partial charge in [0.25, 0.3) is 0 Å². The Balaban J connectivity index is 1.70. The first-order valence-electron chi connectivity index (χ1n) is 10.6. The summed E-state index contributed by atoms with van der Waals surface area (Å²) >= 11 is 1.71. The number of carbonyl (C=O) groups is 2. The number of likely N-dealkylation sites (N-methyl/N-ethyl adjacent to an activating group) is 1. The normalized spacial score (nSPS) is 23.0. The zero-order chi connectivity index (χ0) is 20.5. The maximum absolute atomic E-state index is 12.8. The van der Waals surface area contributed by atoms with Crippen LogP contribution in [0.4, 0.5) is 0 Å². The Kier molecular flexibility index (Phi) is 6.43. The summed E-state index contributed by atoms with van der Waals surface area (Å²) in [5.41, 5.74) is 2.59.